The van der Waals surface area contributed by atoms with E-state index < -0.39 is 18.0 Å². The Hall–Kier alpha value is -3.95. The van der Waals surface area contributed by atoms with Gasteiger partial charge >= 0.3 is 11.9 Å². The van der Waals surface area contributed by atoms with E-state index in [2.05, 4.69) is 24.9 Å². The zero-order valence-electron chi connectivity index (χ0n) is 18.0. The number of amides is 1. The largest absolute Gasteiger partial charge is 0.469 e. The van der Waals surface area contributed by atoms with Crippen molar-refractivity contribution < 1.29 is 28.3 Å². The van der Waals surface area contributed by atoms with Crippen molar-refractivity contribution in [3.8, 4) is 11.5 Å². The molecule has 10 heteroatoms. The van der Waals surface area contributed by atoms with E-state index in [0.29, 0.717) is 23.0 Å². The number of aromatic nitrogens is 3. The van der Waals surface area contributed by atoms with Gasteiger partial charge in [-0.15, -0.1) is 0 Å². The molecule has 3 aromatic rings. The Morgan fingerprint density at radius 2 is 1.75 bits per heavy atom. The number of nitrogens with zero attached hydrogens (tertiary/aromatic N) is 3. The Bertz CT molecular complexity index is 1070. The van der Waals surface area contributed by atoms with Gasteiger partial charge in [0.05, 0.1) is 57.1 Å². The molecule has 1 aromatic carbocycles. The Labute approximate surface area is 184 Å². The fourth-order valence-corrected chi connectivity index (χ4v) is 3.07. The third-order valence-corrected chi connectivity index (χ3v) is 4.76. The number of methoxy groups -OCH3 is 2. The molecular weight excluding hydrogens is 416 g/mol. The maximum Gasteiger partial charge on any atom is 0.307 e. The number of anilines is 1. The van der Waals surface area contributed by atoms with Crippen LogP contribution in [0, 0.1) is 6.92 Å². The van der Waals surface area contributed by atoms with Crippen LogP contribution in [0.3, 0.4) is 0 Å². The summed E-state index contributed by atoms with van der Waals surface area (Å²) in [6.45, 7) is 1.75. The fourth-order valence-electron chi connectivity index (χ4n) is 3.07. The average Bonchev–Trinajstić information content (AvgIpc) is 3.40. The molecule has 0 atom stereocenters. The normalized spacial score (nSPS) is 10.8. The summed E-state index contributed by atoms with van der Waals surface area (Å²) in [5.41, 5.74) is 1.77. The second-order valence-electron chi connectivity index (χ2n) is 7.04. The first-order chi connectivity index (χ1) is 15.4. The topological polar surface area (TPSA) is 126 Å². The van der Waals surface area contributed by atoms with Crippen molar-refractivity contribution in [3.63, 3.8) is 0 Å². The smallest absolute Gasteiger partial charge is 0.307 e. The van der Waals surface area contributed by atoms with Crippen molar-refractivity contribution in [1.29, 1.82) is 0 Å². The quantitative estimate of drug-likeness (QED) is 0.504. The molecule has 3 rings (SSSR count). The number of esters is 2. The third-order valence-electron chi connectivity index (χ3n) is 4.76. The van der Waals surface area contributed by atoms with Gasteiger partial charge in [0, 0.05) is 11.8 Å². The number of ether oxygens (including phenoxy) is 2. The van der Waals surface area contributed by atoms with Crippen LogP contribution in [0.2, 0.25) is 0 Å². The summed E-state index contributed by atoms with van der Waals surface area (Å²) in [7, 11) is 2.53. The summed E-state index contributed by atoms with van der Waals surface area (Å²) >= 11 is 0. The Morgan fingerprint density at radius 1 is 1.09 bits per heavy atom. The average molecular weight is 440 g/mol. The minimum absolute atomic E-state index is 0.0150. The lowest BCUT2D eigenvalue weighted by Crippen LogP contribution is -2.19. The fraction of sp³-hybridized carbons (Fsp3) is 0.318. The monoisotopic (exact) mass is 440 g/mol. The van der Waals surface area contributed by atoms with Crippen LogP contribution < -0.4 is 5.32 Å². The first-order valence-electron chi connectivity index (χ1n) is 9.89. The van der Waals surface area contributed by atoms with E-state index in [4.69, 9.17) is 4.42 Å². The molecular formula is C22H24N4O6. The molecule has 0 fully saturated rings. The van der Waals surface area contributed by atoms with Gasteiger partial charge in [-0.25, -0.2) is 4.98 Å². The number of carbonyl (C=O) groups is 3. The number of oxazole rings is 1. The number of hydrogen-bond acceptors (Lipinski definition) is 8. The highest BCUT2D eigenvalue weighted by Gasteiger charge is 2.22. The van der Waals surface area contributed by atoms with Crippen molar-refractivity contribution in [2.75, 3.05) is 19.5 Å². The molecule has 2 aromatic heterocycles. The molecule has 32 heavy (non-hydrogen) atoms. The summed E-state index contributed by atoms with van der Waals surface area (Å²) in [5, 5.41) is 6.91. The maximum absolute atomic E-state index is 12.5. The Balaban J connectivity index is 1.66. The summed E-state index contributed by atoms with van der Waals surface area (Å²) in [4.78, 5) is 40.3. The molecule has 10 nitrogen and oxygen atoms in total. The van der Waals surface area contributed by atoms with Gasteiger partial charge in [-0.1, -0.05) is 18.2 Å². The van der Waals surface area contributed by atoms with Crippen LogP contribution >= 0.6 is 0 Å². The van der Waals surface area contributed by atoms with Crippen molar-refractivity contribution in [3.05, 3.63) is 54.2 Å². The Morgan fingerprint density at radius 3 is 2.38 bits per heavy atom. The lowest BCUT2D eigenvalue weighted by molar-refractivity contribution is -0.144. The van der Waals surface area contributed by atoms with Gasteiger partial charge in [-0.3, -0.25) is 19.1 Å². The van der Waals surface area contributed by atoms with Crippen LogP contribution in [0.1, 0.15) is 30.3 Å². The van der Waals surface area contributed by atoms with Gasteiger partial charge in [0.2, 0.25) is 11.8 Å². The van der Waals surface area contributed by atoms with E-state index in [9.17, 15) is 14.4 Å². The molecule has 1 amide bonds. The number of benzene rings is 1. The second kappa shape index (κ2) is 10.4. The van der Waals surface area contributed by atoms with Crippen LogP contribution in [0.5, 0.6) is 0 Å². The van der Waals surface area contributed by atoms with Crippen LogP contribution in [0.4, 0.5) is 5.69 Å². The van der Waals surface area contributed by atoms with Crippen molar-refractivity contribution in [2.45, 2.75) is 32.2 Å². The minimum atomic E-state index is -0.605. The lowest BCUT2D eigenvalue weighted by atomic mass is 10.1. The highest BCUT2D eigenvalue weighted by atomic mass is 16.5. The molecule has 0 saturated heterocycles. The predicted octanol–water partition coefficient (Wildman–Crippen LogP) is 2.70. The number of rotatable bonds is 9. The van der Waals surface area contributed by atoms with E-state index in [1.807, 2.05) is 30.3 Å². The van der Waals surface area contributed by atoms with E-state index in [0.717, 1.165) is 5.56 Å². The number of nitrogens with one attached hydrogen (secondary N) is 1. The Kier molecular flexibility index (Phi) is 7.37. The second-order valence-corrected chi connectivity index (χ2v) is 7.04. The van der Waals surface area contributed by atoms with Crippen LogP contribution in [-0.4, -0.2) is 46.8 Å². The SMILES string of the molecule is COC(=O)CC(CC(=O)OC)n1cc(NC(=O)Cc2nc(-c3ccccc3)oc2C)cn1. The van der Waals surface area contributed by atoms with Crippen molar-refractivity contribution in [1.82, 2.24) is 14.8 Å². The van der Waals surface area contributed by atoms with Gasteiger partial charge in [-0.2, -0.15) is 5.10 Å². The van der Waals surface area contributed by atoms with Crippen LogP contribution in [-0.2, 0) is 30.3 Å². The van der Waals surface area contributed by atoms with E-state index in [-0.39, 0.29) is 25.2 Å². The van der Waals surface area contributed by atoms with Crippen LogP contribution in [0.25, 0.3) is 11.5 Å². The first-order valence-corrected chi connectivity index (χ1v) is 9.89. The van der Waals surface area contributed by atoms with Crippen molar-refractivity contribution >= 4 is 23.5 Å². The minimum Gasteiger partial charge on any atom is -0.469 e. The van der Waals surface area contributed by atoms with E-state index in [1.54, 1.807) is 13.1 Å². The van der Waals surface area contributed by atoms with E-state index in [1.165, 1.54) is 25.1 Å². The van der Waals surface area contributed by atoms with Crippen molar-refractivity contribution in [2.24, 2.45) is 0 Å². The number of aryl methyl sites for hydroxylation is 1. The molecule has 0 aliphatic carbocycles. The van der Waals surface area contributed by atoms with Gasteiger partial charge in [0.25, 0.3) is 0 Å². The van der Waals surface area contributed by atoms with Gasteiger partial charge in [-0.05, 0) is 19.1 Å². The molecule has 0 radical (unpaired) electrons. The highest BCUT2D eigenvalue weighted by Crippen LogP contribution is 2.22. The first kappa shape index (κ1) is 22.7. The van der Waals surface area contributed by atoms with E-state index >= 15 is 0 Å². The van der Waals surface area contributed by atoms with Crippen LogP contribution in [0.15, 0.2) is 47.1 Å². The molecule has 168 valence electrons. The molecule has 0 unspecified atom stereocenters. The molecule has 0 aliphatic rings. The zero-order chi connectivity index (χ0) is 23.1. The molecule has 0 bridgehead atoms. The zero-order valence-corrected chi connectivity index (χ0v) is 18.0. The molecule has 1 N–H and O–H groups in total. The molecule has 0 spiro atoms. The molecule has 2 heterocycles. The maximum atomic E-state index is 12.5. The van der Waals surface area contributed by atoms with Gasteiger partial charge in [0.15, 0.2) is 0 Å². The summed E-state index contributed by atoms with van der Waals surface area (Å²) in [5.74, 6) is -0.275. The summed E-state index contributed by atoms with van der Waals surface area (Å²) in [6.07, 6.45) is 2.85. The van der Waals surface area contributed by atoms with Gasteiger partial charge in [0.1, 0.15) is 5.76 Å². The van der Waals surface area contributed by atoms with Gasteiger partial charge < -0.3 is 19.2 Å². The summed E-state index contributed by atoms with van der Waals surface area (Å²) < 4.78 is 16.5. The third kappa shape index (κ3) is 5.81. The molecule has 0 aliphatic heterocycles. The number of carbonyl (C=O) groups excluding carboxylic acids is 3. The summed E-state index contributed by atoms with van der Waals surface area (Å²) in [6, 6.07) is 8.81. The highest BCUT2D eigenvalue weighted by molar-refractivity contribution is 5.92. The lowest BCUT2D eigenvalue weighted by Gasteiger charge is -2.15. The predicted molar refractivity (Wildman–Crippen MR) is 114 cm³/mol. The molecule has 0 saturated carbocycles. The number of hydrogen-bond donors (Lipinski definition) is 1. The standard InChI is InChI=1S/C22H24N4O6/c1-14-18(25-22(32-14)15-7-5-4-6-8-15)11-19(27)24-16-12-23-26(13-16)17(9-20(28)30-2)10-21(29)31-3/h4-8,12-13,17H,9-11H2,1-3H3,(H,24,27).